The summed E-state index contributed by atoms with van der Waals surface area (Å²) in [7, 11) is 0. The van der Waals surface area contributed by atoms with Crippen molar-refractivity contribution in [3.63, 3.8) is 0 Å². The van der Waals surface area contributed by atoms with Crippen LogP contribution in [0.2, 0.25) is 0 Å². The molecule has 1 N–H and O–H groups in total. The lowest BCUT2D eigenvalue weighted by Gasteiger charge is -2.33. The Labute approximate surface area is 142 Å². The van der Waals surface area contributed by atoms with E-state index in [1.165, 1.54) is 32.1 Å². The van der Waals surface area contributed by atoms with Gasteiger partial charge in [-0.3, -0.25) is 4.90 Å². The van der Waals surface area contributed by atoms with Crippen LogP contribution < -0.4 is 0 Å². The van der Waals surface area contributed by atoms with E-state index in [9.17, 15) is 5.11 Å². The fraction of sp³-hybridized carbons (Fsp3) is 0.474. The van der Waals surface area contributed by atoms with E-state index in [1.54, 1.807) is 30.5 Å². The molecule has 0 radical (unpaired) electrons. The van der Waals surface area contributed by atoms with Crippen LogP contribution in [-0.2, 0) is 6.54 Å². The average Bonchev–Trinajstić information content (AvgIpc) is 3.08. The third-order valence-corrected chi connectivity index (χ3v) is 4.63. The van der Waals surface area contributed by atoms with Gasteiger partial charge in [0.05, 0.1) is 11.8 Å². The maximum Gasteiger partial charge on any atom is 0.226 e. The number of nitriles is 1. The number of oxazole rings is 1. The first-order valence-corrected chi connectivity index (χ1v) is 8.61. The molecule has 0 unspecified atom stereocenters. The van der Waals surface area contributed by atoms with E-state index in [4.69, 9.17) is 9.68 Å². The highest BCUT2D eigenvalue weighted by atomic mass is 16.3. The zero-order chi connectivity index (χ0) is 16.8. The van der Waals surface area contributed by atoms with Crippen LogP contribution in [0.15, 0.2) is 34.9 Å². The van der Waals surface area contributed by atoms with Crippen molar-refractivity contribution in [1.29, 1.82) is 5.26 Å². The van der Waals surface area contributed by atoms with Crippen molar-refractivity contribution in [3.05, 3.63) is 36.2 Å². The van der Waals surface area contributed by atoms with E-state index in [-0.39, 0.29) is 5.75 Å². The zero-order valence-electron chi connectivity index (χ0n) is 13.8. The highest BCUT2D eigenvalue weighted by molar-refractivity contribution is 5.54. The molecule has 126 valence electrons. The fourth-order valence-corrected chi connectivity index (χ4v) is 3.35. The molecule has 1 fully saturated rings. The van der Waals surface area contributed by atoms with E-state index in [1.807, 2.05) is 0 Å². The molecule has 5 heteroatoms. The number of benzene rings is 1. The van der Waals surface area contributed by atoms with Crippen molar-refractivity contribution in [1.82, 2.24) is 9.88 Å². The molecule has 1 aliphatic carbocycles. The predicted molar refractivity (Wildman–Crippen MR) is 91.1 cm³/mol. The van der Waals surface area contributed by atoms with E-state index in [2.05, 4.69) is 16.0 Å². The maximum absolute atomic E-state index is 9.37. The Kier molecular flexibility index (Phi) is 5.50. The number of nitrogens with zero attached hydrogens (tertiary/aromatic N) is 3. The van der Waals surface area contributed by atoms with Crippen molar-refractivity contribution < 1.29 is 9.52 Å². The Bertz CT molecular complexity index is 681. The molecule has 1 aromatic heterocycles. The highest BCUT2D eigenvalue weighted by Gasteiger charge is 2.22. The third kappa shape index (κ3) is 4.15. The molecule has 3 rings (SSSR count). The highest BCUT2D eigenvalue weighted by Crippen LogP contribution is 2.26. The van der Waals surface area contributed by atoms with Gasteiger partial charge < -0.3 is 9.52 Å². The van der Waals surface area contributed by atoms with Gasteiger partial charge in [-0.05, 0) is 37.1 Å². The summed E-state index contributed by atoms with van der Waals surface area (Å²) in [5.74, 6) is 0.791. The van der Waals surface area contributed by atoms with Gasteiger partial charge in [0.25, 0.3) is 0 Å². The summed E-state index contributed by atoms with van der Waals surface area (Å²) in [5.41, 5.74) is 1.74. The molecular weight excluding hydrogens is 302 g/mol. The smallest absolute Gasteiger partial charge is 0.226 e. The summed E-state index contributed by atoms with van der Waals surface area (Å²) >= 11 is 0. The zero-order valence-corrected chi connectivity index (χ0v) is 13.8. The number of hydrogen-bond acceptors (Lipinski definition) is 5. The fourth-order valence-electron chi connectivity index (χ4n) is 3.35. The molecule has 1 aromatic carbocycles. The molecule has 0 saturated heterocycles. The lowest BCUT2D eigenvalue weighted by atomic mass is 9.94. The summed E-state index contributed by atoms with van der Waals surface area (Å²) in [6.45, 7) is 1.50. The Hall–Kier alpha value is -2.32. The number of hydrogen-bond donors (Lipinski definition) is 1. The standard InChI is InChI=1S/C19H23N3O2/c20-11-4-12-22(17-5-2-1-3-6-17)13-16-14-24-19(21-16)15-7-9-18(23)10-8-15/h7-10,14,17,23H,1-6,12-13H2. The van der Waals surface area contributed by atoms with Crippen LogP contribution in [0.5, 0.6) is 5.75 Å². The molecule has 0 atom stereocenters. The average molecular weight is 325 g/mol. The van der Waals surface area contributed by atoms with Crippen LogP contribution >= 0.6 is 0 Å². The van der Waals surface area contributed by atoms with Crippen LogP contribution in [0.4, 0.5) is 0 Å². The third-order valence-electron chi connectivity index (χ3n) is 4.63. The molecular formula is C19H23N3O2. The van der Waals surface area contributed by atoms with Crippen LogP contribution in [0.3, 0.4) is 0 Å². The summed E-state index contributed by atoms with van der Waals surface area (Å²) < 4.78 is 5.60. The minimum absolute atomic E-state index is 0.227. The van der Waals surface area contributed by atoms with Gasteiger partial charge in [0.1, 0.15) is 12.0 Å². The van der Waals surface area contributed by atoms with Crippen LogP contribution in [0.1, 0.15) is 44.2 Å². The SMILES string of the molecule is N#CCCN(Cc1coc(-c2ccc(O)cc2)n1)C1CCCCC1. The van der Waals surface area contributed by atoms with Gasteiger partial charge in [-0.2, -0.15) is 5.26 Å². The summed E-state index contributed by atoms with van der Waals surface area (Å²) in [5, 5.41) is 18.3. The van der Waals surface area contributed by atoms with Crippen molar-refractivity contribution in [3.8, 4) is 23.3 Å². The topological polar surface area (TPSA) is 73.3 Å². The minimum atomic E-state index is 0.227. The van der Waals surface area contributed by atoms with Crippen molar-refractivity contribution >= 4 is 0 Å². The molecule has 24 heavy (non-hydrogen) atoms. The lowest BCUT2D eigenvalue weighted by Crippen LogP contribution is -2.37. The van der Waals surface area contributed by atoms with Crippen molar-refractivity contribution in [2.24, 2.45) is 0 Å². The molecule has 5 nitrogen and oxygen atoms in total. The first-order chi connectivity index (χ1) is 11.8. The summed E-state index contributed by atoms with van der Waals surface area (Å²) in [6.07, 6.45) is 8.50. The van der Waals surface area contributed by atoms with Gasteiger partial charge in [0.15, 0.2) is 0 Å². The minimum Gasteiger partial charge on any atom is -0.508 e. The number of phenols is 1. The van der Waals surface area contributed by atoms with Gasteiger partial charge in [-0.1, -0.05) is 19.3 Å². The lowest BCUT2D eigenvalue weighted by molar-refractivity contribution is 0.149. The second-order valence-electron chi connectivity index (χ2n) is 6.36. The Balaban J connectivity index is 1.70. The summed E-state index contributed by atoms with van der Waals surface area (Å²) in [6, 6.07) is 9.63. The van der Waals surface area contributed by atoms with Gasteiger partial charge in [-0.25, -0.2) is 4.98 Å². The number of aromatic nitrogens is 1. The van der Waals surface area contributed by atoms with Crippen LogP contribution in [-0.4, -0.2) is 27.6 Å². The van der Waals surface area contributed by atoms with E-state index in [0.29, 0.717) is 24.9 Å². The van der Waals surface area contributed by atoms with E-state index >= 15 is 0 Å². The van der Waals surface area contributed by atoms with Crippen LogP contribution in [0.25, 0.3) is 11.5 Å². The van der Waals surface area contributed by atoms with E-state index in [0.717, 1.165) is 17.8 Å². The first-order valence-electron chi connectivity index (χ1n) is 8.61. The maximum atomic E-state index is 9.37. The van der Waals surface area contributed by atoms with Crippen molar-refractivity contribution in [2.75, 3.05) is 6.54 Å². The molecule has 0 aliphatic heterocycles. The molecule has 2 aromatic rings. The number of rotatable bonds is 6. The Morgan fingerprint density at radius 2 is 1.96 bits per heavy atom. The largest absolute Gasteiger partial charge is 0.508 e. The van der Waals surface area contributed by atoms with Gasteiger partial charge >= 0.3 is 0 Å². The molecule has 1 aliphatic rings. The number of phenolic OH excluding ortho intramolecular Hbond substituents is 1. The molecule has 1 heterocycles. The molecule has 0 amide bonds. The number of aromatic hydroxyl groups is 1. The van der Waals surface area contributed by atoms with Gasteiger partial charge in [0.2, 0.25) is 5.89 Å². The first kappa shape index (κ1) is 16.5. The predicted octanol–water partition coefficient (Wildman–Crippen LogP) is 4.10. The molecule has 1 saturated carbocycles. The van der Waals surface area contributed by atoms with Crippen molar-refractivity contribution in [2.45, 2.75) is 51.1 Å². The van der Waals surface area contributed by atoms with Gasteiger partial charge in [0, 0.05) is 31.1 Å². The second-order valence-corrected chi connectivity index (χ2v) is 6.36. The quantitative estimate of drug-likeness (QED) is 0.865. The second kappa shape index (κ2) is 7.98. The molecule has 0 spiro atoms. The molecule has 0 bridgehead atoms. The van der Waals surface area contributed by atoms with Crippen LogP contribution in [0, 0.1) is 11.3 Å². The monoisotopic (exact) mass is 325 g/mol. The van der Waals surface area contributed by atoms with Gasteiger partial charge in [-0.15, -0.1) is 0 Å². The van der Waals surface area contributed by atoms with E-state index < -0.39 is 0 Å². The normalized spacial score (nSPS) is 15.5. The summed E-state index contributed by atoms with van der Waals surface area (Å²) in [4.78, 5) is 6.96. The Morgan fingerprint density at radius 3 is 2.67 bits per heavy atom. The Morgan fingerprint density at radius 1 is 1.21 bits per heavy atom.